The summed E-state index contributed by atoms with van der Waals surface area (Å²) in [5.74, 6) is 0. The van der Waals surface area contributed by atoms with Gasteiger partial charge in [0.15, 0.2) is 0 Å². The average Bonchev–Trinajstić information content (AvgIpc) is 2.29. The highest BCUT2D eigenvalue weighted by Crippen LogP contribution is 2.19. The first kappa shape index (κ1) is 7.38. The molecule has 3 rings (SSSR count). The highest BCUT2D eigenvalue weighted by molar-refractivity contribution is 6.02. The summed E-state index contributed by atoms with van der Waals surface area (Å²) in [5, 5.41) is 2.05. The first-order chi connectivity index (χ1) is 6.95. The van der Waals surface area contributed by atoms with Crippen LogP contribution in [0, 0.1) is 0 Å². The van der Waals surface area contributed by atoms with Gasteiger partial charge < -0.3 is 0 Å². The summed E-state index contributed by atoms with van der Waals surface area (Å²) < 4.78 is 0. The molecule has 0 spiro atoms. The summed E-state index contributed by atoms with van der Waals surface area (Å²) in [6.45, 7) is 0. The van der Waals surface area contributed by atoms with Crippen molar-refractivity contribution in [3.05, 3.63) is 43.0 Å². The number of para-hydroxylation sites is 1. The van der Waals surface area contributed by atoms with Gasteiger partial charge in [-0.15, -0.1) is 0 Å². The molecular formula is C11H7N3. The van der Waals surface area contributed by atoms with Crippen molar-refractivity contribution in [1.82, 2.24) is 15.0 Å². The maximum absolute atomic E-state index is 4.33. The zero-order valence-corrected chi connectivity index (χ0v) is 7.38. The maximum Gasteiger partial charge on any atom is 0.116 e. The molecule has 0 bridgehead atoms. The zero-order valence-electron chi connectivity index (χ0n) is 7.38. The fraction of sp³-hybridized carbons (Fsp3) is 0. The lowest BCUT2D eigenvalue weighted by Gasteiger charge is -1.99. The normalized spacial score (nSPS) is 10.9. The van der Waals surface area contributed by atoms with Gasteiger partial charge in [-0.2, -0.15) is 0 Å². The van der Waals surface area contributed by atoms with Crippen LogP contribution in [-0.2, 0) is 0 Å². The second-order valence-corrected chi connectivity index (χ2v) is 3.10. The number of pyridine rings is 1. The Labute approximate surface area is 80.5 Å². The number of hydrogen-bond donors (Lipinski definition) is 0. The van der Waals surface area contributed by atoms with E-state index in [1.54, 1.807) is 18.7 Å². The largest absolute Gasteiger partial charge is 0.255 e. The minimum atomic E-state index is 0.964. The third-order valence-electron chi connectivity index (χ3n) is 2.24. The van der Waals surface area contributed by atoms with E-state index in [0.29, 0.717) is 0 Å². The van der Waals surface area contributed by atoms with E-state index in [-0.39, 0.29) is 0 Å². The molecule has 0 radical (unpaired) electrons. The molecule has 66 valence electrons. The highest BCUT2D eigenvalue weighted by Gasteiger charge is 2.00. The van der Waals surface area contributed by atoms with Gasteiger partial charge in [-0.05, 0) is 6.07 Å². The van der Waals surface area contributed by atoms with Crippen LogP contribution in [0.2, 0.25) is 0 Å². The Morgan fingerprint density at radius 1 is 0.929 bits per heavy atom. The van der Waals surface area contributed by atoms with Gasteiger partial charge in [0, 0.05) is 23.2 Å². The van der Waals surface area contributed by atoms with Crippen LogP contribution in [0.4, 0.5) is 0 Å². The van der Waals surface area contributed by atoms with Crippen LogP contribution in [0.3, 0.4) is 0 Å². The molecule has 3 heteroatoms. The van der Waals surface area contributed by atoms with Gasteiger partial charge in [-0.25, -0.2) is 9.97 Å². The molecule has 0 aliphatic heterocycles. The Bertz CT molecular complexity index is 550. The van der Waals surface area contributed by atoms with E-state index in [1.807, 2.05) is 24.3 Å². The Kier molecular flexibility index (Phi) is 1.44. The highest BCUT2D eigenvalue weighted by atomic mass is 14.8. The molecule has 2 heterocycles. The molecule has 0 aliphatic carbocycles. The summed E-state index contributed by atoms with van der Waals surface area (Å²) in [6, 6.07) is 7.97. The summed E-state index contributed by atoms with van der Waals surface area (Å²) in [7, 11) is 0. The van der Waals surface area contributed by atoms with Gasteiger partial charge in [0.1, 0.15) is 6.33 Å². The van der Waals surface area contributed by atoms with Crippen LogP contribution in [0.25, 0.3) is 21.8 Å². The molecule has 0 N–H and O–H groups in total. The lowest BCUT2D eigenvalue weighted by atomic mass is 10.2. The molecule has 0 atom stereocenters. The maximum atomic E-state index is 4.33. The van der Waals surface area contributed by atoms with Gasteiger partial charge in [0.2, 0.25) is 0 Å². The van der Waals surface area contributed by atoms with Gasteiger partial charge in [0.05, 0.1) is 11.0 Å². The minimum absolute atomic E-state index is 0.964. The van der Waals surface area contributed by atoms with Gasteiger partial charge in [-0.3, -0.25) is 4.98 Å². The molecular weight excluding hydrogens is 174 g/mol. The molecule has 0 amide bonds. The number of fused-ring (bicyclic) bond motifs is 3. The summed E-state index contributed by atoms with van der Waals surface area (Å²) >= 11 is 0. The van der Waals surface area contributed by atoms with Gasteiger partial charge in [0.25, 0.3) is 0 Å². The third-order valence-corrected chi connectivity index (χ3v) is 2.24. The molecule has 0 aliphatic rings. The van der Waals surface area contributed by atoms with Crippen LogP contribution in [0.5, 0.6) is 0 Å². The quantitative estimate of drug-likeness (QED) is 0.499. The fourth-order valence-electron chi connectivity index (χ4n) is 1.59. The van der Waals surface area contributed by atoms with Crippen molar-refractivity contribution < 1.29 is 0 Å². The van der Waals surface area contributed by atoms with E-state index in [2.05, 4.69) is 15.0 Å². The SMILES string of the molecule is c1ccc2c(c1)ncc1cncnc12. The van der Waals surface area contributed by atoms with Crippen molar-refractivity contribution in [3.63, 3.8) is 0 Å². The van der Waals surface area contributed by atoms with Crippen LogP contribution in [-0.4, -0.2) is 15.0 Å². The topological polar surface area (TPSA) is 38.7 Å². The van der Waals surface area contributed by atoms with Crippen molar-refractivity contribution in [2.24, 2.45) is 0 Å². The summed E-state index contributed by atoms with van der Waals surface area (Å²) in [4.78, 5) is 12.6. The van der Waals surface area contributed by atoms with Gasteiger partial charge >= 0.3 is 0 Å². The predicted octanol–water partition coefficient (Wildman–Crippen LogP) is 2.18. The van der Waals surface area contributed by atoms with Crippen molar-refractivity contribution in [3.8, 4) is 0 Å². The monoisotopic (exact) mass is 181 g/mol. The van der Waals surface area contributed by atoms with E-state index >= 15 is 0 Å². The number of hydrogen-bond acceptors (Lipinski definition) is 3. The first-order valence-corrected chi connectivity index (χ1v) is 4.38. The number of aromatic nitrogens is 3. The van der Waals surface area contributed by atoms with Crippen LogP contribution < -0.4 is 0 Å². The molecule has 1 aromatic carbocycles. The number of benzene rings is 1. The van der Waals surface area contributed by atoms with Crippen LogP contribution in [0.15, 0.2) is 43.0 Å². The van der Waals surface area contributed by atoms with Crippen molar-refractivity contribution in [2.75, 3.05) is 0 Å². The van der Waals surface area contributed by atoms with E-state index in [0.717, 1.165) is 21.8 Å². The number of nitrogens with zero attached hydrogens (tertiary/aromatic N) is 3. The lowest BCUT2D eigenvalue weighted by molar-refractivity contribution is 1.22. The molecule has 0 unspecified atom stereocenters. The number of rotatable bonds is 0. The Hall–Kier alpha value is -2.03. The predicted molar refractivity (Wildman–Crippen MR) is 54.8 cm³/mol. The van der Waals surface area contributed by atoms with E-state index in [4.69, 9.17) is 0 Å². The van der Waals surface area contributed by atoms with Crippen molar-refractivity contribution >= 4 is 21.8 Å². The minimum Gasteiger partial charge on any atom is -0.255 e. The summed E-state index contributed by atoms with van der Waals surface area (Å²) in [6.07, 6.45) is 5.15. The molecule has 0 saturated carbocycles. The molecule has 14 heavy (non-hydrogen) atoms. The Balaban J connectivity index is 2.61. The molecule has 3 aromatic rings. The first-order valence-electron chi connectivity index (χ1n) is 4.38. The van der Waals surface area contributed by atoms with Gasteiger partial charge in [-0.1, -0.05) is 18.2 Å². The third kappa shape index (κ3) is 0.956. The van der Waals surface area contributed by atoms with E-state index < -0.39 is 0 Å². The fourth-order valence-corrected chi connectivity index (χ4v) is 1.59. The van der Waals surface area contributed by atoms with Crippen LogP contribution >= 0.6 is 0 Å². The molecule has 2 aromatic heterocycles. The second kappa shape index (κ2) is 2.73. The lowest BCUT2D eigenvalue weighted by Crippen LogP contribution is -1.85. The molecule has 0 fully saturated rings. The molecule has 0 saturated heterocycles. The standard InChI is InChI=1S/C11H7N3/c1-2-4-10-9(3-1)11-8(6-13-10)5-12-7-14-11/h1-7H. The van der Waals surface area contributed by atoms with Crippen LogP contribution in [0.1, 0.15) is 0 Å². The Morgan fingerprint density at radius 2 is 1.86 bits per heavy atom. The van der Waals surface area contributed by atoms with Crippen molar-refractivity contribution in [1.29, 1.82) is 0 Å². The average molecular weight is 181 g/mol. The van der Waals surface area contributed by atoms with E-state index in [1.165, 1.54) is 0 Å². The van der Waals surface area contributed by atoms with Crippen molar-refractivity contribution in [2.45, 2.75) is 0 Å². The molecule has 3 nitrogen and oxygen atoms in total. The Morgan fingerprint density at radius 3 is 2.86 bits per heavy atom. The summed E-state index contributed by atoms with van der Waals surface area (Å²) in [5.41, 5.74) is 1.93. The van der Waals surface area contributed by atoms with E-state index in [9.17, 15) is 0 Å². The zero-order chi connectivity index (χ0) is 9.38. The smallest absolute Gasteiger partial charge is 0.116 e. The second-order valence-electron chi connectivity index (χ2n) is 3.10.